The summed E-state index contributed by atoms with van der Waals surface area (Å²) in [5.74, 6) is 2.53. The lowest BCUT2D eigenvalue weighted by atomic mass is 9.86. The van der Waals surface area contributed by atoms with Gasteiger partial charge in [-0.2, -0.15) is 0 Å². The van der Waals surface area contributed by atoms with Crippen LogP contribution >= 0.6 is 0 Å². The molecule has 1 atom stereocenters. The number of nitrogens with zero attached hydrogens (tertiary/aromatic N) is 3. The Morgan fingerprint density at radius 3 is 2.85 bits per heavy atom. The molecule has 2 fully saturated rings. The first-order valence-corrected chi connectivity index (χ1v) is 9.37. The van der Waals surface area contributed by atoms with Gasteiger partial charge < -0.3 is 18.9 Å². The molecule has 1 spiro atoms. The Morgan fingerprint density at radius 1 is 1.19 bits per heavy atom. The maximum atomic E-state index is 12.8. The van der Waals surface area contributed by atoms with Gasteiger partial charge in [0.25, 0.3) is 0 Å². The highest BCUT2D eigenvalue weighted by molar-refractivity contribution is 5.96. The van der Waals surface area contributed by atoms with Crippen LogP contribution in [-0.4, -0.2) is 42.4 Å². The number of benzene rings is 1. The van der Waals surface area contributed by atoms with Crippen LogP contribution in [0.1, 0.15) is 29.9 Å². The molecule has 142 valence electrons. The van der Waals surface area contributed by atoms with Crippen molar-refractivity contribution in [1.29, 1.82) is 0 Å². The summed E-state index contributed by atoms with van der Waals surface area (Å²) >= 11 is 0. The predicted octanol–water partition coefficient (Wildman–Crippen LogP) is 2.65. The van der Waals surface area contributed by atoms with Gasteiger partial charge in [-0.1, -0.05) is 5.16 Å². The molecule has 7 heteroatoms. The number of anilines is 1. The Labute approximate surface area is 157 Å². The summed E-state index contributed by atoms with van der Waals surface area (Å²) in [5.41, 5.74) is 3.04. The second kappa shape index (κ2) is 5.99. The van der Waals surface area contributed by atoms with Gasteiger partial charge in [0, 0.05) is 48.8 Å². The summed E-state index contributed by atoms with van der Waals surface area (Å²) < 4.78 is 16.1. The van der Waals surface area contributed by atoms with E-state index < -0.39 is 0 Å². The molecule has 2 aromatic rings. The molecule has 0 bridgehead atoms. The number of rotatable bonds is 3. The maximum Gasteiger partial charge on any atom is 0.231 e. The van der Waals surface area contributed by atoms with Crippen LogP contribution < -0.4 is 14.4 Å². The van der Waals surface area contributed by atoms with E-state index in [2.05, 4.69) is 10.1 Å². The molecule has 1 amide bonds. The van der Waals surface area contributed by atoms with Crippen molar-refractivity contribution < 1.29 is 18.8 Å². The molecular formula is C20H23N3O4. The summed E-state index contributed by atoms with van der Waals surface area (Å²) in [7, 11) is 0. The normalized spacial score (nSPS) is 24.5. The molecule has 1 unspecified atom stereocenters. The molecule has 4 heterocycles. The Morgan fingerprint density at radius 2 is 2.04 bits per heavy atom. The number of aryl methyl sites for hydroxylation is 2. The van der Waals surface area contributed by atoms with Gasteiger partial charge in [0.1, 0.15) is 5.76 Å². The zero-order chi connectivity index (χ0) is 18.6. The van der Waals surface area contributed by atoms with Gasteiger partial charge in [0.15, 0.2) is 11.5 Å². The minimum Gasteiger partial charge on any atom is -0.454 e. The molecule has 0 N–H and O–H groups in total. The molecule has 3 aliphatic heterocycles. The number of likely N-dealkylation sites (tertiary alicyclic amines) is 1. The average Bonchev–Trinajstić information content (AvgIpc) is 3.40. The van der Waals surface area contributed by atoms with Gasteiger partial charge in [0.2, 0.25) is 12.7 Å². The Kier molecular flexibility index (Phi) is 3.69. The summed E-state index contributed by atoms with van der Waals surface area (Å²) in [6, 6.07) is 5.74. The van der Waals surface area contributed by atoms with Gasteiger partial charge in [-0.15, -0.1) is 0 Å². The average molecular weight is 369 g/mol. The van der Waals surface area contributed by atoms with Crippen molar-refractivity contribution in [2.45, 2.75) is 33.2 Å². The molecule has 1 aromatic heterocycles. The molecule has 1 aromatic carbocycles. The summed E-state index contributed by atoms with van der Waals surface area (Å²) in [6.45, 7) is 7.69. The number of ether oxygens (including phenoxy) is 2. The third-order valence-corrected chi connectivity index (χ3v) is 6.07. The van der Waals surface area contributed by atoms with Crippen LogP contribution in [0, 0.1) is 19.3 Å². The van der Waals surface area contributed by atoms with Crippen LogP contribution in [0.2, 0.25) is 0 Å². The molecule has 27 heavy (non-hydrogen) atoms. The maximum absolute atomic E-state index is 12.8. The van der Waals surface area contributed by atoms with Gasteiger partial charge in [-0.05, 0) is 38.9 Å². The fourth-order valence-corrected chi connectivity index (χ4v) is 4.57. The molecule has 0 aliphatic carbocycles. The van der Waals surface area contributed by atoms with Gasteiger partial charge in [0.05, 0.1) is 5.69 Å². The third kappa shape index (κ3) is 2.77. The summed E-state index contributed by atoms with van der Waals surface area (Å²) in [5, 5.41) is 4.05. The predicted molar refractivity (Wildman–Crippen MR) is 97.8 cm³/mol. The van der Waals surface area contributed by atoms with Crippen LogP contribution in [0.5, 0.6) is 11.5 Å². The molecule has 7 nitrogen and oxygen atoms in total. The number of carbonyl (C=O) groups excluding carboxylic acids is 1. The first-order chi connectivity index (χ1) is 13.0. The van der Waals surface area contributed by atoms with Gasteiger partial charge in [-0.25, -0.2) is 0 Å². The Bertz CT molecular complexity index is 889. The van der Waals surface area contributed by atoms with Crippen LogP contribution in [0.25, 0.3) is 0 Å². The number of fused-ring (bicyclic) bond motifs is 1. The van der Waals surface area contributed by atoms with Crippen molar-refractivity contribution in [3.63, 3.8) is 0 Å². The van der Waals surface area contributed by atoms with Crippen molar-refractivity contribution in [3.05, 3.63) is 35.2 Å². The Balaban J connectivity index is 1.31. The van der Waals surface area contributed by atoms with E-state index >= 15 is 0 Å². The molecule has 2 saturated heterocycles. The second-order valence-corrected chi connectivity index (χ2v) is 7.96. The number of hydrogen-bond acceptors (Lipinski definition) is 6. The van der Waals surface area contributed by atoms with Crippen molar-refractivity contribution in [1.82, 2.24) is 10.1 Å². The lowest BCUT2D eigenvalue weighted by molar-refractivity contribution is -0.117. The number of hydrogen-bond donors (Lipinski definition) is 0. The van der Waals surface area contributed by atoms with E-state index in [1.54, 1.807) is 0 Å². The molecular weight excluding hydrogens is 346 g/mol. The molecule has 0 saturated carbocycles. The van der Waals surface area contributed by atoms with Crippen molar-refractivity contribution in [2.24, 2.45) is 5.41 Å². The van der Waals surface area contributed by atoms with Gasteiger partial charge in [-0.3, -0.25) is 9.69 Å². The lowest BCUT2D eigenvalue weighted by Crippen LogP contribution is -2.31. The summed E-state index contributed by atoms with van der Waals surface area (Å²) in [4.78, 5) is 17.1. The molecule has 3 aliphatic rings. The van der Waals surface area contributed by atoms with Crippen molar-refractivity contribution >= 4 is 11.6 Å². The second-order valence-electron chi connectivity index (χ2n) is 7.96. The van der Waals surface area contributed by atoms with Crippen LogP contribution in [0.3, 0.4) is 0 Å². The number of carbonyl (C=O) groups is 1. The monoisotopic (exact) mass is 369 g/mol. The molecule has 0 radical (unpaired) electrons. The van der Waals surface area contributed by atoms with Crippen LogP contribution in [0.15, 0.2) is 22.7 Å². The topological polar surface area (TPSA) is 68.0 Å². The first kappa shape index (κ1) is 16.6. The zero-order valence-corrected chi connectivity index (χ0v) is 15.7. The van der Waals surface area contributed by atoms with E-state index in [-0.39, 0.29) is 18.1 Å². The van der Waals surface area contributed by atoms with E-state index in [0.29, 0.717) is 12.2 Å². The lowest BCUT2D eigenvalue weighted by Gasteiger charge is -2.24. The minimum absolute atomic E-state index is 0.0203. The highest BCUT2D eigenvalue weighted by Crippen LogP contribution is 2.44. The third-order valence-electron chi connectivity index (χ3n) is 6.07. The van der Waals surface area contributed by atoms with Crippen molar-refractivity contribution in [2.75, 3.05) is 31.3 Å². The standard InChI is InChI=1S/C20H23N3O4/c1-13-16(14(2)27-21-13)9-22-6-5-20(10-22)8-19(24)23(11-20)15-3-4-17-18(7-15)26-12-25-17/h3-4,7H,5-6,8-12H2,1-2H3. The fourth-order valence-electron chi connectivity index (χ4n) is 4.57. The fraction of sp³-hybridized carbons (Fsp3) is 0.500. The smallest absolute Gasteiger partial charge is 0.231 e. The largest absolute Gasteiger partial charge is 0.454 e. The highest BCUT2D eigenvalue weighted by atomic mass is 16.7. The van der Waals surface area contributed by atoms with Gasteiger partial charge >= 0.3 is 0 Å². The number of amides is 1. The van der Waals surface area contributed by atoms with E-state index in [1.807, 2.05) is 36.9 Å². The SMILES string of the molecule is Cc1noc(C)c1CN1CCC2(CC(=O)N(c3ccc4c(c3)OCO4)C2)C1. The van der Waals surface area contributed by atoms with E-state index in [1.165, 1.54) is 5.56 Å². The van der Waals surface area contributed by atoms with E-state index in [4.69, 9.17) is 14.0 Å². The number of aromatic nitrogens is 1. The molecule has 5 rings (SSSR count). The van der Waals surface area contributed by atoms with Crippen LogP contribution in [0.4, 0.5) is 5.69 Å². The highest BCUT2D eigenvalue weighted by Gasteiger charge is 2.48. The van der Waals surface area contributed by atoms with E-state index in [0.717, 1.165) is 55.5 Å². The Hall–Kier alpha value is -2.54. The van der Waals surface area contributed by atoms with E-state index in [9.17, 15) is 4.79 Å². The summed E-state index contributed by atoms with van der Waals surface area (Å²) in [6.07, 6.45) is 1.63. The zero-order valence-electron chi connectivity index (χ0n) is 15.7. The first-order valence-electron chi connectivity index (χ1n) is 9.37. The van der Waals surface area contributed by atoms with Crippen LogP contribution in [-0.2, 0) is 11.3 Å². The minimum atomic E-state index is 0.0203. The quantitative estimate of drug-likeness (QED) is 0.829. The van der Waals surface area contributed by atoms with Crippen molar-refractivity contribution in [3.8, 4) is 11.5 Å².